The first-order valence-electron chi connectivity index (χ1n) is 18.4. The molecule has 4 aromatic carbocycles. The second kappa shape index (κ2) is 14.8. The van der Waals surface area contributed by atoms with Crippen molar-refractivity contribution in [3.8, 4) is 11.3 Å². The van der Waals surface area contributed by atoms with E-state index < -0.39 is 5.97 Å². The van der Waals surface area contributed by atoms with Crippen LogP contribution in [0.15, 0.2) is 116 Å². The average Bonchev–Trinajstić information content (AvgIpc) is 3.61. The summed E-state index contributed by atoms with van der Waals surface area (Å²) in [4.78, 5) is 46.4. The third kappa shape index (κ3) is 7.15. The van der Waals surface area contributed by atoms with E-state index in [1.165, 1.54) is 17.5 Å². The molecular formula is C44H41N5O4. The summed E-state index contributed by atoms with van der Waals surface area (Å²) in [5.41, 5.74) is 8.43. The Labute approximate surface area is 308 Å². The normalized spacial score (nSPS) is 15.5. The molecule has 3 heterocycles. The van der Waals surface area contributed by atoms with Gasteiger partial charge in [-0.3, -0.25) is 14.6 Å². The van der Waals surface area contributed by atoms with E-state index in [0.29, 0.717) is 34.4 Å². The van der Waals surface area contributed by atoms with E-state index in [9.17, 15) is 19.5 Å². The predicted molar refractivity (Wildman–Crippen MR) is 208 cm³/mol. The number of carbonyl (C=O) groups excluding carboxylic acids is 2. The van der Waals surface area contributed by atoms with Crippen LogP contribution in [0.3, 0.4) is 0 Å². The Morgan fingerprint density at radius 1 is 0.792 bits per heavy atom. The summed E-state index contributed by atoms with van der Waals surface area (Å²) in [5, 5.41) is 16.7. The fraction of sp³-hybridized carbons (Fsp3) is 0.227. The molecule has 1 saturated heterocycles. The minimum absolute atomic E-state index is 0.0458. The summed E-state index contributed by atoms with van der Waals surface area (Å²) >= 11 is 0. The van der Waals surface area contributed by atoms with Crippen LogP contribution in [0.25, 0.3) is 22.2 Å². The second-order valence-corrected chi connectivity index (χ2v) is 14.0. The highest BCUT2D eigenvalue weighted by molar-refractivity contribution is 6.07. The van der Waals surface area contributed by atoms with Crippen LogP contribution >= 0.6 is 0 Å². The Balaban J connectivity index is 1.07. The molecule has 3 N–H and O–H groups in total. The standard InChI is InChI=1S/C44H41N5O4/c50-42(31-12-6-9-29(25-31)28-49-24-20-35-36(44(52)53)14-8-16-41(35)49)47-39-18-17-33(48-22-4-1-5-23-48)27-37(39)40-26-32(19-21-45-40)43(51)46-38-15-7-11-30-10-2-3-13-34(30)38/h2-3,6,8-10,12-14,16-21,24-27,38H,1,4-5,7,11,15,22-23,28H2,(H,46,51)(H,47,50)(H,52,53). The van der Waals surface area contributed by atoms with Crippen molar-refractivity contribution in [2.75, 3.05) is 23.3 Å². The third-order valence-corrected chi connectivity index (χ3v) is 10.5. The summed E-state index contributed by atoms with van der Waals surface area (Å²) in [7, 11) is 0. The minimum Gasteiger partial charge on any atom is -0.478 e. The van der Waals surface area contributed by atoms with Gasteiger partial charge in [0.05, 0.1) is 23.0 Å². The summed E-state index contributed by atoms with van der Waals surface area (Å²) in [6, 6.07) is 32.4. The van der Waals surface area contributed by atoms with Crippen LogP contribution in [0.5, 0.6) is 0 Å². The molecule has 8 rings (SSSR count). The molecular weight excluding hydrogens is 663 g/mol. The molecule has 2 amide bonds. The van der Waals surface area contributed by atoms with E-state index in [1.807, 2.05) is 71.4 Å². The van der Waals surface area contributed by atoms with Crippen LogP contribution in [0.1, 0.15) is 85.9 Å². The Kier molecular flexibility index (Phi) is 9.46. The van der Waals surface area contributed by atoms with Crippen molar-refractivity contribution in [2.45, 2.75) is 51.1 Å². The van der Waals surface area contributed by atoms with Crippen LogP contribution in [0.4, 0.5) is 11.4 Å². The molecule has 0 radical (unpaired) electrons. The summed E-state index contributed by atoms with van der Waals surface area (Å²) in [6.07, 6.45) is 9.93. The van der Waals surface area contributed by atoms with Gasteiger partial charge in [0, 0.05) is 65.3 Å². The maximum Gasteiger partial charge on any atom is 0.336 e. The molecule has 2 aliphatic rings. The molecule has 53 heavy (non-hydrogen) atoms. The number of aromatic nitrogens is 2. The van der Waals surface area contributed by atoms with Gasteiger partial charge in [-0.05, 0) is 116 Å². The fourth-order valence-electron chi connectivity index (χ4n) is 7.82. The van der Waals surface area contributed by atoms with Crippen LogP contribution in [0, 0.1) is 0 Å². The first-order valence-corrected chi connectivity index (χ1v) is 18.4. The number of hydrogen-bond donors (Lipinski definition) is 3. The smallest absolute Gasteiger partial charge is 0.336 e. The Morgan fingerprint density at radius 2 is 1.62 bits per heavy atom. The van der Waals surface area contributed by atoms with Gasteiger partial charge in [0.15, 0.2) is 0 Å². The molecule has 9 nitrogen and oxygen atoms in total. The Morgan fingerprint density at radius 3 is 2.49 bits per heavy atom. The molecule has 0 spiro atoms. The highest BCUT2D eigenvalue weighted by Crippen LogP contribution is 2.34. The lowest BCUT2D eigenvalue weighted by Gasteiger charge is -2.29. The fourth-order valence-corrected chi connectivity index (χ4v) is 7.82. The lowest BCUT2D eigenvalue weighted by Crippen LogP contribution is -2.31. The molecule has 1 fully saturated rings. The summed E-state index contributed by atoms with van der Waals surface area (Å²) in [5.74, 6) is -1.39. The maximum atomic E-state index is 13.9. The lowest BCUT2D eigenvalue weighted by atomic mass is 9.87. The van der Waals surface area contributed by atoms with Crippen LogP contribution in [0.2, 0.25) is 0 Å². The van der Waals surface area contributed by atoms with Gasteiger partial charge in [0.2, 0.25) is 0 Å². The number of aromatic carboxylic acids is 1. The monoisotopic (exact) mass is 703 g/mol. The number of nitrogens with zero attached hydrogens (tertiary/aromatic N) is 3. The maximum absolute atomic E-state index is 13.9. The molecule has 1 aliphatic heterocycles. The molecule has 9 heteroatoms. The van der Waals surface area contributed by atoms with Crippen molar-refractivity contribution in [1.82, 2.24) is 14.9 Å². The summed E-state index contributed by atoms with van der Waals surface area (Å²) in [6.45, 7) is 2.39. The number of carbonyl (C=O) groups is 3. The SMILES string of the molecule is O=C(Nc1ccc(N2CCCCC2)cc1-c1cc(C(=O)NC2CCCc3ccccc32)ccn1)c1cccc(Cn2ccc3c(C(=O)O)cccc32)c1. The van der Waals surface area contributed by atoms with E-state index in [4.69, 9.17) is 4.98 Å². The molecule has 2 aromatic heterocycles. The molecule has 6 aromatic rings. The van der Waals surface area contributed by atoms with Gasteiger partial charge in [-0.25, -0.2) is 4.79 Å². The molecule has 1 unspecified atom stereocenters. The first-order chi connectivity index (χ1) is 25.9. The van der Waals surface area contributed by atoms with Crippen LogP contribution in [-0.2, 0) is 13.0 Å². The number of piperidine rings is 1. The highest BCUT2D eigenvalue weighted by atomic mass is 16.4. The minimum atomic E-state index is -0.967. The van der Waals surface area contributed by atoms with E-state index in [1.54, 1.807) is 30.5 Å². The first kappa shape index (κ1) is 33.9. The number of benzene rings is 4. The average molecular weight is 704 g/mol. The number of amides is 2. The molecule has 0 bridgehead atoms. The van der Waals surface area contributed by atoms with Gasteiger partial charge in [-0.15, -0.1) is 0 Å². The molecule has 1 aliphatic carbocycles. The van der Waals surface area contributed by atoms with Gasteiger partial charge in [0.1, 0.15) is 0 Å². The number of rotatable bonds is 9. The van der Waals surface area contributed by atoms with Gasteiger partial charge < -0.3 is 25.2 Å². The van der Waals surface area contributed by atoms with Crippen LogP contribution in [-0.4, -0.2) is 45.5 Å². The van der Waals surface area contributed by atoms with Crippen molar-refractivity contribution >= 4 is 40.1 Å². The van der Waals surface area contributed by atoms with Crippen molar-refractivity contribution in [2.24, 2.45) is 0 Å². The zero-order chi connectivity index (χ0) is 36.3. The number of carboxylic acid groups (broad SMARTS) is 1. The number of anilines is 2. The highest BCUT2D eigenvalue weighted by Gasteiger charge is 2.23. The number of fused-ring (bicyclic) bond motifs is 2. The summed E-state index contributed by atoms with van der Waals surface area (Å²) < 4.78 is 1.98. The Bertz CT molecular complexity index is 2340. The zero-order valence-corrected chi connectivity index (χ0v) is 29.4. The quantitative estimate of drug-likeness (QED) is 0.139. The van der Waals surface area contributed by atoms with Crippen LogP contribution < -0.4 is 15.5 Å². The number of nitrogens with one attached hydrogen (secondary N) is 2. The van der Waals surface area contributed by atoms with Crippen molar-refractivity contribution in [1.29, 1.82) is 0 Å². The van der Waals surface area contributed by atoms with E-state index >= 15 is 0 Å². The number of carboxylic acids is 1. The molecule has 1 atom stereocenters. The third-order valence-electron chi connectivity index (χ3n) is 10.5. The predicted octanol–water partition coefficient (Wildman–Crippen LogP) is 8.50. The van der Waals surface area contributed by atoms with Crippen molar-refractivity contribution in [3.63, 3.8) is 0 Å². The lowest BCUT2D eigenvalue weighted by molar-refractivity contribution is 0.0698. The number of hydrogen-bond acceptors (Lipinski definition) is 5. The number of pyridine rings is 1. The van der Waals surface area contributed by atoms with Crippen molar-refractivity contribution in [3.05, 3.63) is 149 Å². The van der Waals surface area contributed by atoms with Crippen molar-refractivity contribution < 1.29 is 19.5 Å². The topological polar surface area (TPSA) is 117 Å². The van der Waals surface area contributed by atoms with Gasteiger partial charge >= 0.3 is 5.97 Å². The van der Waals surface area contributed by atoms with Gasteiger partial charge in [-0.1, -0.05) is 42.5 Å². The van der Waals surface area contributed by atoms with E-state index in [0.717, 1.165) is 67.5 Å². The second-order valence-electron chi connectivity index (χ2n) is 14.0. The van der Waals surface area contributed by atoms with Gasteiger partial charge in [0.25, 0.3) is 11.8 Å². The van der Waals surface area contributed by atoms with E-state index in [-0.39, 0.29) is 23.4 Å². The molecule has 266 valence electrons. The Hall–Kier alpha value is -6.22. The largest absolute Gasteiger partial charge is 0.478 e. The van der Waals surface area contributed by atoms with Gasteiger partial charge in [-0.2, -0.15) is 0 Å². The van der Waals surface area contributed by atoms with E-state index in [2.05, 4.69) is 33.7 Å². The zero-order valence-electron chi connectivity index (χ0n) is 29.4. The molecule has 0 saturated carbocycles. The number of aryl methyl sites for hydroxylation is 1.